The van der Waals surface area contributed by atoms with Crippen LogP contribution in [0.3, 0.4) is 0 Å². The summed E-state index contributed by atoms with van der Waals surface area (Å²) in [6, 6.07) is 0. The average molecular weight is 471 g/mol. The second kappa shape index (κ2) is 8.77. The zero-order valence-corrected chi connectivity index (χ0v) is 21.3. The van der Waals surface area contributed by atoms with Crippen LogP contribution < -0.4 is 0 Å². The predicted molar refractivity (Wildman–Crippen MR) is 125 cm³/mol. The molecule has 184 valence electrons. The lowest BCUT2D eigenvalue weighted by atomic mass is 9.76. The highest BCUT2D eigenvalue weighted by molar-refractivity contribution is 7.80. The quantitative estimate of drug-likeness (QED) is 0.311. The number of hydrogen-bond donors (Lipinski definition) is 3. The van der Waals surface area contributed by atoms with Crippen molar-refractivity contribution >= 4 is 24.6 Å². The Balaban J connectivity index is 1.55. The van der Waals surface area contributed by atoms with E-state index in [0.717, 1.165) is 25.7 Å². The number of hydrogen-bond acceptors (Lipinski definition) is 7. The number of aliphatic hydroxyl groups is 2. The minimum atomic E-state index is -0.997. The summed E-state index contributed by atoms with van der Waals surface area (Å²) in [6.45, 7) is 9.03. The van der Waals surface area contributed by atoms with Crippen molar-refractivity contribution in [2.24, 2.45) is 22.7 Å². The second-order valence-electron chi connectivity index (χ2n) is 12.1. The van der Waals surface area contributed by atoms with Crippen molar-refractivity contribution < 1.29 is 29.3 Å². The van der Waals surface area contributed by atoms with E-state index in [1.165, 1.54) is 0 Å². The molecule has 0 aromatic heterocycles. The van der Waals surface area contributed by atoms with Crippen LogP contribution in [0.1, 0.15) is 92.4 Å². The first-order valence-corrected chi connectivity index (χ1v) is 12.8. The molecule has 4 bridgehead atoms. The van der Waals surface area contributed by atoms with Gasteiger partial charge in [-0.3, -0.25) is 9.59 Å². The molecule has 0 heterocycles. The Hall–Kier alpha value is -0.790. The zero-order chi connectivity index (χ0) is 24.0. The van der Waals surface area contributed by atoms with E-state index in [1.807, 2.05) is 27.7 Å². The highest BCUT2D eigenvalue weighted by Crippen LogP contribution is 2.63. The first-order valence-electron chi connectivity index (χ1n) is 12.2. The van der Waals surface area contributed by atoms with E-state index in [0.29, 0.717) is 38.0 Å². The standard InChI is InChI=1S/C25H42O6S/c1-6-22(4,20(28)30-23(5,15-26)16-32)9-7-8-21(2,3)19(27)31-24-11-17-10-18(13-24)25(29,12-17)14-24/h17-18,26,29,32H,6-16H2,1-5H3. The summed E-state index contributed by atoms with van der Waals surface area (Å²) in [6.07, 6.45) is 6.64. The summed E-state index contributed by atoms with van der Waals surface area (Å²) in [5, 5.41) is 20.4. The average Bonchev–Trinajstić information content (AvgIpc) is 3.06. The molecule has 0 aliphatic heterocycles. The summed E-state index contributed by atoms with van der Waals surface area (Å²) in [4.78, 5) is 26.0. The van der Waals surface area contributed by atoms with Gasteiger partial charge in [0.05, 0.1) is 23.0 Å². The summed E-state index contributed by atoms with van der Waals surface area (Å²) in [5.74, 6) is 0.451. The number of carbonyl (C=O) groups excluding carboxylic acids is 2. The number of ether oxygens (including phenoxy) is 2. The van der Waals surface area contributed by atoms with Crippen LogP contribution in [-0.4, -0.2) is 51.3 Å². The lowest BCUT2D eigenvalue weighted by Crippen LogP contribution is -2.44. The molecule has 0 aromatic rings. The van der Waals surface area contributed by atoms with Gasteiger partial charge in [0, 0.05) is 12.2 Å². The van der Waals surface area contributed by atoms with E-state index in [9.17, 15) is 19.8 Å². The SMILES string of the molecule is CCC(C)(CCCC(C)(C)C(=O)OC12CC3CC(C1)C(O)(C3)C2)C(=O)OC(C)(CO)CS. The molecule has 0 aromatic carbocycles. The third-order valence-corrected chi connectivity index (χ3v) is 9.27. The molecule has 0 amide bonds. The maximum atomic E-state index is 13.1. The molecule has 0 saturated heterocycles. The maximum absolute atomic E-state index is 13.1. The van der Waals surface area contributed by atoms with Gasteiger partial charge in [-0.2, -0.15) is 12.6 Å². The Morgan fingerprint density at radius 2 is 1.78 bits per heavy atom. The molecule has 6 unspecified atom stereocenters. The molecule has 6 nitrogen and oxygen atoms in total. The molecule has 2 N–H and O–H groups in total. The minimum Gasteiger partial charge on any atom is -0.459 e. The van der Waals surface area contributed by atoms with Crippen LogP contribution in [0.4, 0.5) is 0 Å². The smallest absolute Gasteiger partial charge is 0.312 e. The van der Waals surface area contributed by atoms with Gasteiger partial charge in [-0.15, -0.1) is 0 Å². The molecule has 7 heteroatoms. The Labute approximate surface area is 198 Å². The molecule has 6 atom stereocenters. The topological polar surface area (TPSA) is 93.1 Å². The van der Waals surface area contributed by atoms with Crippen molar-refractivity contribution in [3.63, 3.8) is 0 Å². The van der Waals surface area contributed by atoms with Crippen molar-refractivity contribution in [2.45, 2.75) is 109 Å². The highest BCUT2D eigenvalue weighted by atomic mass is 32.1. The van der Waals surface area contributed by atoms with Gasteiger partial charge in [0.15, 0.2) is 0 Å². The molecule has 4 rings (SSSR count). The van der Waals surface area contributed by atoms with E-state index in [1.54, 1.807) is 6.92 Å². The fourth-order valence-corrected chi connectivity index (χ4v) is 6.30. The van der Waals surface area contributed by atoms with Crippen LogP contribution >= 0.6 is 12.6 Å². The molecule has 4 saturated carbocycles. The Morgan fingerprint density at radius 1 is 1.09 bits per heavy atom. The lowest BCUT2D eigenvalue weighted by Gasteiger charge is -2.40. The summed E-state index contributed by atoms with van der Waals surface area (Å²) in [5.41, 5.74) is -3.47. The molecular formula is C25H42O6S. The van der Waals surface area contributed by atoms with E-state index in [4.69, 9.17) is 9.47 Å². The number of rotatable bonds is 11. The van der Waals surface area contributed by atoms with Crippen molar-refractivity contribution in [2.75, 3.05) is 12.4 Å². The minimum absolute atomic E-state index is 0.202. The number of esters is 2. The largest absolute Gasteiger partial charge is 0.459 e. The number of thiol groups is 1. The normalized spacial score (nSPS) is 34.8. The van der Waals surface area contributed by atoms with Crippen molar-refractivity contribution in [3.8, 4) is 0 Å². The zero-order valence-electron chi connectivity index (χ0n) is 20.4. The molecule has 0 radical (unpaired) electrons. The van der Waals surface area contributed by atoms with Gasteiger partial charge in [0.1, 0.15) is 11.2 Å². The number of aliphatic hydroxyl groups excluding tert-OH is 1. The highest BCUT2D eigenvalue weighted by Gasteiger charge is 2.65. The van der Waals surface area contributed by atoms with Crippen LogP contribution in [-0.2, 0) is 19.1 Å². The number of carbonyl (C=O) groups is 2. The van der Waals surface area contributed by atoms with Gasteiger partial charge in [-0.05, 0) is 84.5 Å². The third kappa shape index (κ3) is 4.85. The lowest BCUT2D eigenvalue weighted by molar-refractivity contribution is -0.178. The van der Waals surface area contributed by atoms with Gasteiger partial charge in [0.25, 0.3) is 0 Å². The van der Waals surface area contributed by atoms with Gasteiger partial charge < -0.3 is 19.7 Å². The van der Waals surface area contributed by atoms with Gasteiger partial charge in [-0.25, -0.2) is 0 Å². The van der Waals surface area contributed by atoms with Crippen molar-refractivity contribution in [3.05, 3.63) is 0 Å². The summed E-state index contributed by atoms with van der Waals surface area (Å²) >= 11 is 4.19. The van der Waals surface area contributed by atoms with Crippen LogP contribution in [0.15, 0.2) is 0 Å². The van der Waals surface area contributed by atoms with E-state index < -0.39 is 27.6 Å². The van der Waals surface area contributed by atoms with Crippen molar-refractivity contribution in [1.29, 1.82) is 0 Å². The summed E-state index contributed by atoms with van der Waals surface area (Å²) < 4.78 is 11.7. The first-order chi connectivity index (χ1) is 14.7. The maximum Gasteiger partial charge on any atom is 0.312 e. The molecular weight excluding hydrogens is 428 g/mol. The fourth-order valence-electron chi connectivity index (χ4n) is 6.14. The monoisotopic (exact) mass is 470 g/mol. The Kier molecular flexibility index (Phi) is 7.08. The molecule has 32 heavy (non-hydrogen) atoms. The summed E-state index contributed by atoms with van der Waals surface area (Å²) in [7, 11) is 0. The molecule has 4 aliphatic rings. The van der Waals surface area contributed by atoms with Crippen LogP contribution in [0.5, 0.6) is 0 Å². The van der Waals surface area contributed by atoms with Crippen molar-refractivity contribution in [1.82, 2.24) is 0 Å². The van der Waals surface area contributed by atoms with Gasteiger partial charge >= 0.3 is 11.9 Å². The van der Waals surface area contributed by atoms with Crippen LogP contribution in [0.2, 0.25) is 0 Å². The van der Waals surface area contributed by atoms with Gasteiger partial charge in [-0.1, -0.05) is 13.3 Å². The second-order valence-corrected chi connectivity index (χ2v) is 12.4. The predicted octanol–water partition coefficient (Wildman–Crippen LogP) is 4.06. The van der Waals surface area contributed by atoms with Crippen LogP contribution in [0, 0.1) is 22.7 Å². The molecule has 4 fully saturated rings. The van der Waals surface area contributed by atoms with E-state index >= 15 is 0 Å². The molecule has 4 aliphatic carbocycles. The van der Waals surface area contributed by atoms with E-state index in [-0.39, 0.29) is 30.2 Å². The van der Waals surface area contributed by atoms with Crippen LogP contribution in [0.25, 0.3) is 0 Å². The fraction of sp³-hybridized carbons (Fsp3) is 0.920. The third-order valence-electron chi connectivity index (χ3n) is 8.60. The molecule has 0 spiro atoms. The Bertz CT molecular complexity index is 734. The Morgan fingerprint density at radius 3 is 2.31 bits per heavy atom. The first kappa shape index (κ1) is 25.8. The van der Waals surface area contributed by atoms with E-state index in [2.05, 4.69) is 12.6 Å². The van der Waals surface area contributed by atoms with Gasteiger partial charge in [0.2, 0.25) is 0 Å².